The van der Waals surface area contributed by atoms with Crippen molar-refractivity contribution in [3.63, 3.8) is 0 Å². The molecule has 0 radical (unpaired) electrons. The number of hydrogen-bond donors (Lipinski definition) is 2. The van der Waals surface area contributed by atoms with Crippen LogP contribution in [-0.2, 0) is 6.54 Å². The average molecular weight is 194 g/mol. The van der Waals surface area contributed by atoms with E-state index >= 15 is 0 Å². The first-order valence-corrected chi connectivity index (χ1v) is 5.10. The topological polar surface area (TPSA) is 49.8 Å². The molecule has 1 rings (SSSR count). The summed E-state index contributed by atoms with van der Waals surface area (Å²) in [6, 6.07) is 1.98. The lowest BCUT2D eigenvalue weighted by Crippen LogP contribution is -2.21. The van der Waals surface area contributed by atoms with Crippen LogP contribution in [0.3, 0.4) is 0 Å². The molecule has 2 N–H and O–H groups in total. The van der Waals surface area contributed by atoms with Crippen molar-refractivity contribution in [2.45, 2.75) is 19.9 Å². The van der Waals surface area contributed by atoms with Crippen LogP contribution in [0, 0.1) is 0 Å². The molecule has 0 aliphatic heterocycles. The van der Waals surface area contributed by atoms with E-state index in [-0.39, 0.29) is 0 Å². The monoisotopic (exact) mass is 194 g/mol. The summed E-state index contributed by atoms with van der Waals surface area (Å²) in [5.74, 6) is 0. The van der Waals surface area contributed by atoms with Gasteiger partial charge in [-0.05, 0) is 37.7 Å². The molecule has 78 valence electrons. The largest absolute Gasteiger partial charge is 0.317 e. The molecule has 0 atom stereocenters. The summed E-state index contributed by atoms with van der Waals surface area (Å²) < 4.78 is 0. The molecule has 0 saturated carbocycles. The first-order chi connectivity index (χ1) is 6.93. The lowest BCUT2D eigenvalue weighted by atomic mass is 10.3. The summed E-state index contributed by atoms with van der Waals surface area (Å²) in [4.78, 5) is 0. The van der Waals surface area contributed by atoms with Crippen molar-refractivity contribution >= 4 is 0 Å². The third kappa shape index (κ3) is 4.89. The van der Waals surface area contributed by atoms with Crippen LogP contribution in [0.5, 0.6) is 0 Å². The molecule has 0 aliphatic carbocycles. The standard InChI is InChI=1S/C10H18N4/c1-2-11-5-3-6-12-8-10-4-7-13-14-9-10/h4,7,9,11-12H,2-3,5-6,8H2,1H3. The van der Waals surface area contributed by atoms with Crippen LogP contribution in [0.1, 0.15) is 18.9 Å². The molecule has 1 aromatic rings. The zero-order valence-electron chi connectivity index (χ0n) is 8.66. The van der Waals surface area contributed by atoms with Gasteiger partial charge >= 0.3 is 0 Å². The van der Waals surface area contributed by atoms with Crippen LogP contribution in [0.4, 0.5) is 0 Å². The highest BCUT2D eigenvalue weighted by Crippen LogP contribution is 1.91. The van der Waals surface area contributed by atoms with Gasteiger partial charge in [0.2, 0.25) is 0 Å². The molecule has 0 aromatic carbocycles. The van der Waals surface area contributed by atoms with E-state index in [1.54, 1.807) is 12.4 Å². The van der Waals surface area contributed by atoms with E-state index in [0.29, 0.717) is 0 Å². The van der Waals surface area contributed by atoms with E-state index < -0.39 is 0 Å². The first kappa shape index (κ1) is 11.1. The number of rotatable bonds is 7. The van der Waals surface area contributed by atoms with Crippen molar-refractivity contribution < 1.29 is 0 Å². The summed E-state index contributed by atoms with van der Waals surface area (Å²) >= 11 is 0. The van der Waals surface area contributed by atoms with E-state index in [0.717, 1.165) is 32.6 Å². The van der Waals surface area contributed by atoms with Crippen molar-refractivity contribution in [1.82, 2.24) is 20.8 Å². The molecule has 1 heterocycles. The van der Waals surface area contributed by atoms with Crippen LogP contribution < -0.4 is 10.6 Å². The third-order valence-electron chi connectivity index (χ3n) is 1.93. The van der Waals surface area contributed by atoms with Crippen LogP contribution in [0.2, 0.25) is 0 Å². The second-order valence-electron chi connectivity index (χ2n) is 3.13. The number of nitrogens with zero attached hydrogens (tertiary/aromatic N) is 2. The molecular formula is C10H18N4. The van der Waals surface area contributed by atoms with Gasteiger partial charge in [0, 0.05) is 12.7 Å². The zero-order valence-corrected chi connectivity index (χ0v) is 8.66. The summed E-state index contributed by atoms with van der Waals surface area (Å²) in [7, 11) is 0. The molecule has 0 aliphatic rings. The van der Waals surface area contributed by atoms with Gasteiger partial charge in [0.15, 0.2) is 0 Å². The van der Waals surface area contributed by atoms with Crippen LogP contribution in [0.25, 0.3) is 0 Å². The second-order valence-corrected chi connectivity index (χ2v) is 3.13. The normalized spacial score (nSPS) is 10.4. The Morgan fingerprint density at radius 3 is 2.79 bits per heavy atom. The van der Waals surface area contributed by atoms with E-state index in [2.05, 4.69) is 27.8 Å². The molecule has 0 unspecified atom stereocenters. The lowest BCUT2D eigenvalue weighted by Gasteiger charge is -2.04. The first-order valence-electron chi connectivity index (χ1n) is 5.10. The minimum Gasteiger partial charge on any atom is -0.317 e. The second kappa shape index (κ2) is 7.41. The fourth-order valence-electron chi connectivity index (χ4n) is 1.17. The van der Waals surface area contributed by atoms with E-state index in [1.807, 2.05) is 6.07 Å². The van der Waals surface area contributed by atoms with Gasteiger partial charge in [-0.1, -0.05) is 6.92 Å². The summed E-state index contributed by atoms with van der Waals surface area (Å²) in [5.41, 5.74) is 1.18. The van der Waals surface area contributed by atoms with Gasteiger partial charge in [-0.2, -0.15) is 10.2 Å². The number of aromatic nitrogens is 2. The Balaban J connectivity index is 1.99. The summed E-state index contributed by atoms with van der Waals surface area (Å²) in [5, 5.41) is 14.2. The summed E-state index contributed by atoms with van der Waals surface area (Å²) in [6.45, 7) is 6.17. The Labute approximate surface area is 85.1 Å². The lowest BCUT2D eigenvalue weighted by molar-refractivity contribution is 0.605. The third-order valence-corrected chi connectivity index (χ3v) is 1.93. The fraction of sp³-hybridized carbons (Fsp3) is 0.600. The van der Waals surface area contributed by atoms with Gasteiger partial charge in [0.05, 0.1) is 6.20 Å². The van der Waals surface area contributed by atoms with Crippen molar-refractivity contribution in [3.05, 3.63) is 24.0 Å². The molecular weight excluding hydrogens is 176 g/mol. The quantitative estimate of drug-likeness (QED) is 0.623. The van der Waals surface area contributed by atoms with Crippen LogP contribution in [-0.4, -0.2) is 29.8 Å². The maximum Gasteiger partial charge on any atom is 0.0541 e. The van der Waals surface area contributed by atoms with Crippen molar-refractivity contribution in [3.8, 4) is 0 Å². The molecule has 0 saturated heterocycles. The highest BCUT2D eigenvalue weighted by atomic mass is 15.1. The number of hydrogen-bond acceptors (Lipinski definition) is 4. The van der Waals surface area contributed by atoms with E-state index in [9.17, 15) is 0 Å². The minimum atomic E-state index is 0.877. The van der Waals surface area contributed by atoms with Crippen molar-refractivity contribution in [1.29, 1.82) is 0 Å². The Bertz CT molecular complexity index is 225. The maximum absolute atomic E-state index is 3.81. The molecule has 4 heteroatoms. The molecule has 0 bridgehead atoms. The van der Waals surface area contributed by atoms with Crippen LogP contribution in [0.15, 0.2) is 18.5 Å². The number of nitrogens with one attached hydrogen (secondary N) is 2. The van der Waals surface area contributed by atoms with Gasteiger partial charge in [-0.15, -0.1) is 0 Å². The average Bonchev–Trinajstić information content (AvgIpc) is 2.25. The van der Waals surface area contributed by atoms with Crippen molar-refractivity contribution in [2.24, 2.45) is 0 Å². The Morgan fingerprint density at radius 1 is 1.21 bits per heavy atom. The summed E-state index contributed by atoms with van der Waals surface area (Å²) in [6.07, 6.45) is 4.67. The molecule has 14 heavy (non-hydrogen) atoms. The predicted molar refractivity (Wildman–Crippen MR) is 56.9 cm³/mol. The predicted octanol–water partition coefficient (Wildman–Crippen LogP) is 0.566. The van der Waals surface area contributed by atoms with Crippen molar-refractivity contribution in [2.75, 3.05) is 19.6 Å². The van der Waals surface area contributed by atoms with Gasteiger partial charge in [0.1, 0.15) is 0 Å². The smallest absolute Gasteiger partial charge is 0.0541 e. The fourth-order valence-corrected chi connectivity index (χ4v) is 1.17. The minimum absolute atomic E-state index is 0.877. The Hall–Kier alpha value is -1.00. The van der Waals surface area contributed by atoms with Gasteiger partial charge in [0.25, 0.3) is 0 Å². The highest BCUT2D eigenvalue weighted by Gasteiger charge is 1.91. The highest BCUT2D eigenvalue weighted by molar-refractivity contribution is 5.04. The maximum atomic E-state index is 3.81. The Morgan fingerprint density at radius 2 is 2.07 bits per heavy atom. The van der Waals surface area contributed by atoms with Gasteiger partial charge in [-0.3, -0.25) is 0 Å². The molecule has 0 spiro atoms. The van der Waals surface area contributed by atoms with Gasteiger partial charge in [-0.25, -0.2) is 0 Å². The van der Waals surface area contributed by atoms with Gasteiger partial charge < -0.3 is 10.6 Å². The van der Waals surface area contributed by atoms with E-state index in [4.69, 9.17) is 0 Å². The molecule has 0 amide bonds. The van der Waals surface area contributed by atoms with Crippen LogP contribution >= 0.6 is 0 Å². The molecule has 4 nitrogen and oxygen atoms in total. The molecule has 0 fully saturated rings. The van der Waals surface area contributed by atoms with E-state index in [1.165, 1.54) is 5.56 Å². The molecule has 1 aromatic heterocycles. The zero-order chi connectivity index (χ0) is 10.1. The SMILES string of the molecule is CCNCCCNCc1ccnnc1. The Kier molecular flexibility index (Phi) is 5.86.